The minimum absolute atomic E-state index is 0.0951. The largest absolute Gasteiger partial charge is 0.454 e. The van der Waals surface area contributed by atoms with Gasteiger partial charge in [-0.1, -0.05) is 37.6 Å². The van der Waals surface area contributed by atoms with Crippen LogP contribution in [0.2, 0.25) is 5.02 Å². The Bertz CT molecular complexity index is 921. The predicted molar refractivity (Wildman–Crippen MR) is 103 cm³/mol. The van der Waals surface area contributed by atoms with Crippen LogP contribution in [0.1, 0.15) is 34.6 Å². The molecule has 0 saturated carbocycles. The Morgan fingerprint density at radius 1 is 1.00 bits per heavy atom. The van der Waals surface area contributed by atoms with Crippen LogP contribution in [0.4, 0.5) is 0 Å². The second-order valence-corrected chi connectivity index (χ2v) is 8.00. The van der Waals surface area contributed by atoms with Crippen molar-refractivity contribution in [3.05, 3.63) is 64.7 Å². The first-order valence-electron chi connectivity index (χ1n) is 8.35. The highest BCUT2D eigenvalue weighted by molar-refractivity contribution is 7.89. The predicted octanol–water partition coefficient (Wildman–Crippen LogP) is 3.41. The molecule has 2 rings (SSSR count). The molecule has 0 aliphatic heterocycles. The lowest BCUT2D eigenvalue weighted by molar-refractivity contribution is 0.0474. The van der Waals surface area contributed by atoms with E-state index in [9.17, 15) is 18.0 Å². The van der Waals surface area contributed by atoms with Crippen molar-refractivity contribution in [3.8, 4) is 0 Å². The number of rotatable bonds is 8. The van der Waals surface area contributed by atoms with Crippen LogP contribution in [0.5, 0.6) is 0 Å². The number of ether oxygens (including phenoxy) is 1. The van der Waals surface area contributed by atoms with Crippen LogP contribution in [0.3, 0.4) is 0 Å². The van der Waals surface area contributed by atoms with Crippen molar-refractivity contribution in [3.63, 3.8) is 0 Å². The quantitative estimate of drug-likeness (QED) is 0.493. The average molecular weight is 410 g/mol. The Kier molecular flexibility index (Phi) is 7.12. The Morgan fingerprint density at radius 2 is 1.63 bits per heavy atom. The molecule has 0 heterocycles. The number of hydrogen-bond acceptors (Lipinski definition) is 5. The standard InChI is InChI=1S/C19H20ClNO5S/c1-3-21(4-2)27(24,25)17-10-8-14(9-11-17)19(23)26-13-18(22)15-6-5-7-16(20)12-15/h5-12H,3-4,13H2,1-2H3. The van der Waals surface area contributed by atoms with Gasteiger partial charge in [-0.05, 0) is 36.4 Å². The number of hydrogen-bond donors (Lipinski definition) is 0. The first kappa shape index (κ1) is 21.1. The summed E-state index contributed by atoms with van der Waals surface area (Å²) in [5.41, 5.74) is 0.503. The van der Waals surface area contributed by atoms with Gasteiger partial charge in [-0.3, -0.25) is 4.79 Å². The average Bonchev–Trinajstić information content (AvgIpc) is 2.66. The van der Waals surface area contributed by atoms with Crippen molar-refractivity contribution < 1.29 is 22.7 Å². The Hall–Kier alpha value is -2.22. The summed E-state index contributed by atoms with van der Waals surface area (Å²) in [6, 6.07) is 11.8. The monoisotopic (exact) mass is 409 g/mol. The van der Waals surface area contributed by atoms with Gasteiger partial charge in [0.15, 0.2) is 12.4 Å². The fourth-order valence-corrected chi connectivity index (χ4v) is 4.08. The number of sulfonamides is 1. The molecular formula is C19H20ClNO5S. The third kappa shape index (κ3) is 5.15. The van der Waals surface area contributed by atoms with Gasteiger partial charge >= 0.3 is 5.97 Å². The minimum atomic E-state index is -3.59. The van der Waals surface area contributed by atoms with Crippen molar-refractivity contribution in [1.82, 2.24) is 4.31 Å². The zero-order valence-electron chi connectivity index (χ0n) is 15.0. The van der Waals surface area contributed by atoms with Crippen LogP contribution in [0, 0.1) is 0 Å². The van der Waals surface area contributed by atoms with Gasteiger partial charge in [0.2, 0.25) is 10.0 Å². The van der Waals surface area contributed by atoms with Gasteiger partial charge in [-0.15, -0.1) is 0 Å². The molecule has 0 aliphatic carbocycles. The van der Waals surface area contributed by atoms with Crippen molar-refractivity contribution >= 4 is 33.4 Å². The topological polar surface area (TPSA) is 80.8 Å². The van der Waals surface area contributed by atoms with E-state index in [0.29, 0.717) is 23.7 Å². The molecule has 144 valence electrons. The summed E-state index contributed by atoms with van der Waals surface area (Å²) in [6.45, 7) is 3.79. The maximum absolute atomic E-state index is 12.4. The second-order valence-electron chi connectivity index (χ2n) is 5.62. The SMILES string of the molecule is CCN(CC)S(=O)(=O)c1ccc(C(=O)OCC(=O)c2cccc(Cl)c2)cc1. The number of ketones is 1. The smallest absolute Gasteiger partial charge is 0.338 e. The van der Waals surface area contributed by atoms with Crippen LogP contribution in [-0.4, -0.2) is 44.2 Å². The lowest BCUT2D eigenvalue weighted by atomic mass is 10.1. The van der Waals surface area contributed by atoms with E-state index >= 15 is 0 Å². The highest BCUT2D eigenvalue weighted by atomic mass is 35.5. The number of benzene rings is 2. The molecule has 27 heavy (non-hydrogen) atoms. The van der Waals surface area contributed by atoms with Crippen molar-refractivity contribution in [2.45, 2.75) is 18.7 Å². The summed E-state index contributed by atoms with van der Waals surface area (Å²) in [6.07, 6.45) is 0. The molecule has 0 aliphatic rings. The minimum Gasteiger partial charge on any atom is -0.454 e. The van der Waals surface area contributed by atoms with E-state index < -0.39 is 22.6 Å². The molecule has 0 saturated heterocycles. The van der Waals surface area contributed by atoms with Crippen LogP contribution in [0.25, 0.3) is 0 Å². The number of carbonyl (C=O) groups excluding carboxylic acids is 2. The van der Waals surface area contributed by atoms with E-state index in [1.807, 2.05) is 0 Å². The summed E-state index contributed by atoms with van der Waals surface area (Å²) >= 11 is 5.83. The zero-order chi connectivity index (χ0) is 20.0. The van der Waals surface area contributed by atoms with Crippen LogP contribution < -0.4 is 0 Å². The highest BCUT2D eigenvalue weighted by Crippen LogP contribution is 2.17. The summed E-state index contributed by atoms with van der Waals surface area (Å²) in [5, 5.41) is 0.414. The number of carbonyl (C=O) groups is 2. The van der Waals surface area contributed by atoms with Gasteiger partial charge in [0.25, 0.3) is 0 Å². The Labute approximate surface area is 163 Å². The number of esters is 1. The van der Waals surface area contributed by atoms with Crippen molar-refractivity contribution in [2.24, 2.45) is 0 Å². The van der Waals surface area contributed by atoms with Crippen molar-refractivity contribution in [2.75, 3.05) is 19.7 Å². The lowest BCUT2D eigenvalue weighted by Crippen LogP contribution is -2.30. The Balaban J connectivity index is 2.04. The molecule has 2 aromatic carbocycles. The summed E-state index contributed by atoms with van der Waals surface area (Å²) < 4.78 is 31.2. The number of nitrogens with zero attached hydrogens (tertiary/aromatic N) is 1. The maximum atomic E-state index is 12.4. The molecule has 0 bridgehead atoms. The van der Waals surface area contributed by atoms with E-state index in [2.05, 4.69) is 0 Å². The maximum Gasteiger partial charge on any atom is 0.338 e. The first-order chi connectivity index (χ1) is 12.8. The van der Waals surface area contributed by atoms with E-state index in [1.54, 1.807) is 32.0 Å². The normalized spacial score (nSPS) is 11.4. The molecule has 0 amide bonds. The van der Waals surface area contributed by atoms with Gasteiger partial charge < -0.3 is 4.74 Å². The molecule has 2 aromatic rings. The molecule has 0 N–H and O–H groups in total. The van der Waals surface area contributed by atoms with Crippen molar-refractivity contribution in [1.29, 1.82) is 0 Å². The molecule has 0 radical (unpaired) electrons. The molecule has 0 atom stereocenters. The van der Waals surface area contributed by atoms with Crippen LogP contribution >= 0.6 is 11.6 Å². The van der Waals surface area contributed by atoms with Crippen LogP contribution in [-0.2, 0) is 14.8 Å². The summed E-state index contributed by atoms with van der Waals surface area (Å²) in [4.78, 5) is 24.2. The zero-order valence-corrected chi connectivity index (χ0v) is 16.6. The lowest BCUT2D eigenvalue weighted by Gasteiger charge is -2.18. The molecule has 0 unspecified atom stereocenters. The molecule has 0 aromatic heterocycles. The van der Waals surface area contributed by atoms with Gasteiger partial charge in [0.05, 0.1) is 10.5 Å². The third-order valence-corrected chi connectivity index (χ3v) is 6.21. The van der Waals surface area contributed by atoms with Gasteiger partial charge in [0, 0.05) is 23.7 Å². The summed E-state index contributed by atoms with van der Waals surface area (Å²) in [5.74, 6) is -1.09. The first-order valence-corrected chi connectivity index (χ1v) is 10.2. The molecular weight excluding hydrogens is 390 g/mol. The number of Topliss-reactive ketones (excluding diaryl/α,β-unsaturated/α-hetero) is 1. The molecule has 0 spiro atoms. The molecule has 8 heteroatoms. The van der Waals surface area contributed by atoms with E-state index in [1.165, 1.54) is 34.6 Å². The third-order valence-electron chi connectivity index (χ3n) is 3.91. The van der Waals surface area contributed by atoms with E-state index in [-0.39, 0.29) is 16.2 Å². The molecule has 0 fully saturated rings. The van der Waals surface area contributed by atoms with Gasteiger partial charge in [0.1, 0.15) is 0 Å². The Morgan fingerprint density at radius 3 is 2.19 bits per heavy atom. The fraction of sp³-hybridized carbons (Fsp3) is 0.263. The molecule has 6 nitrogen and oxygen atoms in total. The summed E-state index contributed by atoms with van der Waals surface area (Å²) in [7, 11) is -3.59. The fourth-order valence-electron chi connectivity index (χ4n) is 2.44. The number of halogens is 1. The highest BCUT2D eigenvalue weighted by Gasteiger charge is 2.22. The van der Waals surface area contributed by atoms with E-state index in [0.717, 1.165) is 0 Å². The van der Waals surface area contributed by atoms with Gasteiger partial charge in [-0.2, -0.15) is 4.31 Å². The van der Waals surface area contributed by atoms with E-state index in [4.69, 9.17) is 16.3 Å². The second kappa shape index (κ2) is 9.12. The van der Waals surface area contributed by atoms with Gasteiger partial charge in [-0.25, -0.2) is 13.2 Å². The van der Waals surface area contributed by atoms with Crippen LogP contribution in [0.15, 0.2) is 53.4 Å².